The van der Waals surface area contributed by atoms with Gasteiger partial charge in [-0.25, -0.2) is 4.57 Å². The van der Waals surface area contributed by atoms with Crippen molar-refractivity contribution in [3.05, 3.63) is 0 Å². The van der Waals surface area contributed by atoms with Gasteiger partial charge in [-0.1, -0.05) is 0 Å². The van der Waals surface area contributed by atoms with E-state index in [4.69, 9.17) is 15.7 Å². The Kier molecular flexibility index (Phi) is 17.8. The van der Waals surface area contributed by atoms with Gasteiger partial charge in [0.15, 0.2) is 0 Å². The van der Waals surface area contributed by atoms with Gasteiger partial charge in [0.05, 0.1) is 19.8 Å². The Bertz CT molecular complexity index is 1540. The monoisotopic (exact) mass is 1080 g/mol. The molecule has 0 fully saturated rings. The number of alkyl halides is 34. The molecule has 0 heterocycles. The fourth-order valence-corrected chi connectivity index (χ4v) is 4.04. The van der Waals surface area contributed by atoms with E-state index in [9.17, 15) is 154 Å². The van der Waals surface area contributed by atoms with Crippen LogP contribution >= 0.6 is 7.82 Å². The third-order valence-corrected chi connectivity index (χ3v) is 8.34. The molecule has 0 aliphatic rings. The second kappa shape index (κ2) is 17.9. The minimum Gasteiger partial charge on any atom is -0.394 e. The number of phosphoric acid groups is 1. The van der Waals surface area contributed by atoms with Gasteiger partial charge in [-0.3, -0.25) is 9.05 Å². The molecule has 0 saturated carbocycles. The fraction of sp³-hybridized carbons (Fsp3) is 1.00. The molecule has 0 atom stereocenters. The standard InChI is InChI=1S/C20H9F34O4P.C4H11NO/c21-5(22,7(25,26)9(29,30)11(33,34)13(37,38)15(41,42)17(45,46)19(49,50)51)1-3-57-59(55,56)58-4-2-6(23,24)8(27,28)10(31,32)12(35,36)14(39,40)16(43,44)18(47,48)20(52,53)54;1-4(2,5)3-6/h1-4H2,(H,55,56);6H,3,5H2,1-2H3. The van der Waals surface area contributed by atoms with Crippen LogP contribution in [-0.2, 0) is 13.6 Å². The van der Waals surface area contributed by atoms with E-state index in [2.05, 4.69) is 9.05 Å². The first-order valence-electron chi connectivity index (χ1n) is 14.9. The second-order valence-electron chi connectivity index (χ2n) is 13.1. The van der Waals surface area contributed by atoms with Crippen molar-refractivity contribution in [3.63, 3.8) is 0 Å². The highest BCUT2D eigenvalue weighted by Crippen LogP contribution is 2.66. The predicted molar refractivity (Wildman–Crippen MR) is 138 cm³/mol. The lowest BCUT2D eigenvalue weighted by atomic mass is 9.88. The number of hydrogen-bond donors (Lipinski definition) is 3. The normalized spacial score (nSPS) is 16.4. The first-order chi connectivity index (χ1) is 27.5. The molecule has 4 N–H and O–H groups in total. The molecule has 0 saturated heterocycles. The maximum atomic E-state index is 13.8. The van der Waals surface area contributed by atoms with E-state index in [-0.39, 0.29) is 6.61 Å². The molecule has 394 valence electrons. The van der Waals surface area contributed by atoms with E-state index < -0.39 is 135 Å². The molecular weight excluding hydrogens is 1060 g/mol. The Balaban J connectivity index is 0. The predicted octanol–water partition coefficient (Wildman–Crippen LogP) is 11.6. The molecule has 0 rings (SSSR count). The van der Waals surface area contributed by atoms with Crippen molar-refractivity contribution in [2.45, 2.75) is 127 Å². The van der Waals surface area contributed by atoms with Crippen molar-refractivity contribution < 1.29 is 173 Å². The van der Waals surface area contributed by atoms with Gasteiger partial charge in [0.1, 0.15) is 0 Å². The van der Waals surface area contributed by atoms with Crippen LogP contribution in [0.2, 0.25) is 0 Å². The summed E-state index contributed by atoms with van der Waals surface area (Å²) in [7, 11) is -6.93. The third kappa shape index (κ3) is 10.8. The van der Waals surface area contributed by atoms with Crippen LogP contribution in [0.25, 0.3) is 0 Å². The van der Waals surface area contributed by atoms with Crippen LogP contribution in [0.4, 0.5) is 149 Å². The number of aliphatic hydroxyl groups excluding tert-OH is 1. The molecule has 0 amide bonds. The Morgan fingerprint density at radius 1 is 0.369 bits per heavy atom. The lowest BCUT2D eigenvalue weighted by molar-refractivity contribution is -0.462. The molecule has 0 aromatic heterocycles. The maximum absolute atomic E-state index is 13.8. The Morgan fingerprint density at radius 3 is 0.677 bits per heavy atom. The Morgan fingerprint density at radius 2 is 0.523 bits per heavy atom. The summed E-state index contributed by atoms with van der Waals surface area (Å²) in [6.45, 7) is -2.63. The van der Waals surface area contributed by atoms with E-state index in [1.54, 1.807) is 13.8 Å². The van der Waals surface area contributed by atoms with Gasteiger partial charge in [-0.2, -0.15) is 149 Å². The molecule has 0 aliphatic heterocycles. The molecule has 6 nitrogen and oxygen atoms in total. The van der Waals surface area contributed by atoms with Gasteiger partial charge in [0.2, 0.25) is 0 Å². The largest absolute Gasteiger partial charge is 0.472 e. The van der Waals surface area contributed by atoms with Crippen molar-refractivity contribution >= 4 is 7.82 Å². The number of halogens is 34. The molecule has 41 heteroatoms. The van der Waals surface area contributed by atoms with Crippen molar-refractivity contribution in [1.82, 2.24) is 0 Å². The van der Waals surface area contributed by atoms with E-state index in [0.717, 1.165) is 0 Å². The first-order valence-corrected chi connectivity index (χ1v) is 16.4. The van der Waals surface area contributed by atoms with Crippen LogP contribution in [0.15, 0.2) is 0 Å². The van der Waals surface area contributed by atoms with Gasteiger partial charge in [-0.15, -0.1) is 0 Å². The van der Waals surface area contributed by atoms with Crippen LogP contribution in [0.3, 0.4) is 0 Å². The van der Waals surface area contributed by atoms with Crippen LogP contribution in [-0.4, -0.2) is 131 Å². The SMILES string of the molecule is CC(C)(N)CO.O=P(O)(OCCC(F)(F)C(F)(F)C(F)(F)C(F)(F)C(F)(F)C(F)(F)C(F)(F)C(F)(F)F)OCCC(F)(F)C(F)(F)C(F)(F)C(F)(F)C(F)(F)C(F)(F)C(F)(F)C(F)(F)F. The summed E-state index contributed by atoms with van der Waals surface area (Å²) in [6.07, 6.45) is -23.7. The van der Waals surface area contributed by atoms with Crippen LogP contribution in [0.1, 0.15) is 26.7 Å². The number of aliphatic hydroxyl groups is 1. The summed E-state index contributed by atoms with van der Waals surface area (Å²) in [5, 5.41) is 8.28. The molecule has 0 radical (unpaired) electrons. The fourth-order valence-electron chi connectivity index (χ4n) is 3.32. The quantitative estimate of drug-likeness (QED) is 0.0782. The zero-order chi connectivity index (χ0) is 53.9. The lowest BCUT2D eigenvalue weighted by Gasteiger charge is -2.42. The highest BCUT2D eigenvalue weighted by molar-refractivity contribution is 7.47. The zero-order valence-electron chi connectivity index (χ0n) is 30.0. The van der Waals surface area contributed by atoms with Gasteiger partial charge in [-0.05, 0) is 13.8 Å². The summed E-state index contributed by atoms with van der Waals surface area (Å²) >= 11 is 0. The average Bonchev–Trinajstić information content (AvgIpc) is 3.05. The van der Waals surface area contributed by atoms with Gasteiger partial charge >= 0.3 is 103 Å². The van der Waals surface area contributed by atoms with E-state index in [0.29, 0.717) is 0 Å². The van der Waals surface area contributed by atoms with Crippen molar-refractivity contribution in [3.8, 4) is 0 Å². The number of phosphoric ester groups is 1. The molecule has 0 bridgehead atoms. The van der Waals surface area contributed by atoms with Gasteiger partial charge in [0, 0.05) is 18.4 Å². The van der Waals surface area contributed by atoms with Crippen molar-refractivity contribution in [2.24, 2.45) is 5.73 Å². The summed E-state index contributed by atoms with van der Waals surface area (Å²) in [5.74, 6) is -121. The van der Waals surface area contributed by atoms with Gasteiger partial charge < -0.3 is 15.7 Å². The third-order valence-electron chi connectivity index (χ3n) is 7.32. The molecule has 0 unspecified atom stereocenters. The maximum Gasteiger partial charge on any atom is 0.472 e. The summed E-state index contributed by atoms with van der Waals surface area (Å²) < 4.78 is 467. The Labute approximate surface area is 334 Å². The molecule has 0 aliphatic carbocycles. The molecule has 0 spiro atoms. The molecule has 65 heavy (non-hydrogen) atoms. The average molecular weight is 1080 g/mol. The van der Waals surface area contributed by atoms with E-state index in [1.165, 1.54) is 0 Å². The first kappa shape index (κ1) is 64.7. The summed E-state index contributed by atoms with van der Waals surface area (Å²) in [5.41, 5.74) is 4.88. The molecule has 0 aromatic carbocycles. The topological polar surface area (TPSA) is 102 Å². The number of hydrogen-bond acceptors (Lipinski definition) is 5. The van der Waals surface area contributed by atoms with Crippen molar-refractivity contribution in [2.75, 3.05) is 19.8 Å². The highest BCUT2D eigenvalue weighted by Gasteiger charge is 2.97. The lowest BCUT2D eigenvalue weighted by Crippen LogP contribution is -2.74. The number of nitrogens with two attached hydrogens (primary N) is 1. The molecule has 0 aromatic rings. The van der Waals surface area contributed by atoms with E-state index in [1.807, 2.05) is 0 Å². The summed E-state index contributed by atoms with van der Waals surface area (Å²) in [6, 6.07) is 0. The summed E-state index contributed by atoms with van der Waals surface area (Å²) in [4.78, 5) is 8.99. The van der Waals surface area contributed by atoms with Crippen LogP contribution < -0.4 is 5.73 Å². The smallest absolute Gasteiger partial charge is 0.394 e. The van der Waals surface area contributed by atoms with Gasteiger partial charge in [0.25, 0.3) is 0 Å². The second-order valence-corrected chi connectivity index (χ2v) is 14.5. The number of rotatable bonds is 21. The minimum absolute atomic E-state index is 0.0486. The van der Waals surface area contributed by atoms with Crippen LogP contribution in [0.5, 0.6) is 0 Å². The molecular formula is C24H20F34NO5P. The zero-order valence-corrected chi connectivity index (χ0v) is 30.9. The Hall–Kier alpha value is -2.35. The van der Waals surface area contributed by atoms with Crippen LogP contribution in [0, 0.1) is 0 Å². The minimum atomic E-state index is -9.11. The van der Waals surface area contributed by atoms with E-state index >= 15 is 0 Å². The van der Waals surface area contributed by atoms with Crippen molar-refractivity contribution in [1.29, 1.82) is 0 Å². The highest BCUT2D eigenvalue weighted by atomic mass is 31.2.